The van der Waals surface area contributed by atoms with Gasteiger partial charge in [-0.2, -0.15) is 0 Å². The lowest BCUT2D eigenvalue weighted by Crippen LogP contribution is -2.21. The standard InChI is InChI=1S/C18H18O4S/c1-12(19)23-11-16(20)18(22)15-9-7-14(8-10-15)17(21)13-5-3-2-4-6-13/h2-10,16,18,20,22H,11H2,1H3. The molecule has 2 atom stereocenters. The molecule has 0 aliphatic rings. The quantitative estimate of drug-likeness (QED) is 0.796. The van der Waals surface area contributed by atoms with Gasteiger partial charge in [-0.05, 0) is 5.56 Å². The highest BCUT2D eigenvalue weighted by atomic mass is 32.2. The maximum Gasteiger partial charge on any atom is 0.193 e. The van der Waals surface area contributed by atoms with E-state index in [0.717, 1.165) is 11.8 Å². The van der Waals surface area contributed by atoms with Gasteiger partial charge in [-0.3, -0.25) is 9.59 Å². The van der Waals surface area contributed by atoms with E-state index >= 15 is 0 Å². The molecule has 2 aromatic carbocycles. The average Bonchev–Trinajstić information content (AvgIpc) is 2.59. The summed E-state index contributed by atoms with van der Waals surface area (Å²) in [6, 6.07) is 15.4. The molecule has 2 N–H and O–H groups in total. The predicted octanol–water partition coefficient (Wildman–Crippen LogP) is 2.59. The maximum atomic E-state index is 12.3. The molecule has 0 aliphatic carbocycles. The lowest BCUT2D eigenvalue weighted by Gasteiger charge is -2.17. The van der Waals surface area contributed by atoms with Gasteiger partial charge in [0.25, 0.3) is 0 Å². The summed E-state index contributed by atoms with van der Waals surface area (Å²) in [4.78, 5) is 23.2. The van der Waals surface area contributed by atoms with Crippen LogP contribution in [0.3, 0.4) is 0 Å². The van der Waals surface area contributed by atoms with E-state index in [1.807, 2.05) is 6.07 Å². The van der Waals surface area contributed by atoms with Crippen molar-refractivity contribution in [1.29, 1.82) is 0 Å². The Morgan fingerprint density at radius 1 is 0.957 bits per heavy atom. The van der Waals surface area contributed by atoms with Gasteiger partial charge in [0.2, 0.25) is 0 Å². The molecule has 5 heteroatoms. The molecule has 0 bridgehead atoms. The van der Waals surface area contributed by atoms with E-state index in [1.54, 1.807) is 48.5 Å². The molecular weight excluding hydrogens is 312 g/mol. The summed E-state index contributed by atoms with van der Waals surface area (Å²) in [5, 5.41) is 19.9. The van der Waals surface area contributed by atoms with Crippen molar-refractivity contribution in [3.8, 4) is 0 Å². The molecule has 2 aromatic rings. The largest absolute Gasteiger partial charge is 0.389 e. The third-order valence-corrected chi connectivity index (χ3v) is 4.29. The molecule has 0 heterocycles. The molecule has 0 aromatic heterocycles. The summed E-state index contributed by atoms with van der Waals surface area (Å²) in [5.74, 6) is 0.0283. The van der Waals surface area contributed by atoms with Gasteiger partial charge in [0.05, 0.1) is 6.10 Å². The Hall–Kier alpha value is -1.95. The van der Waals surface area contributed by atoms with Gasteiger partial charge in [0.1, 0.15) is 6.10 Å². The van der Waals surface area contributed by atoms with Crippen LogP contribution in [0.4, 0.5) is 0 Å². The minimum Gasteiger partial charge on any atom is -0.389 e. The SMILES string of the molecule is CC(=O)SCC(O)C(O)c1ccc(C(=O)c2ccccc2)cc1. The first-order valence-electron chi connectivity index (χ1n) is 7.18. The number of hydrogen-bond donors (Lipinski definition) is 2. The van der Waals surface area contributed by atoms with Crippen LogP contribution in [0.25, 0.3) is 0 Å². The molecular formula is C18H18O4S. The monoisotopic (exact) mass is 330 g/mol. The molecule has 0 fully saturated rings. The third-order valence-electron chi connectivity index (χ3n) is 3.37. The highest BCUT2D eigenvalue weighted by Crippen LogP contribution is 2.21. The van der Waals surface area contributed by atoms with Gasteiger partial charge >= 0.3 is 0 Å². The number of benzene rings is 2. The second-order valence-electron chi connectivity index (χ2n) is 5.13. The number of carbonyl (C=O) groups is 2. The van der Waals surface area contributed by atoms with Crippen molar-refractivity contribution in [2.45, 2.75) is 19.1 Å². The Labute approximate surface area is 139 Å². The van der Waals surface area contributed by atoms with E-state index in [9.17, 15) is 19.8 Å². The zero-order valence-corrected chi connectivity index (χ0v) is 13.5. The molecule has 0 saturated carbocycles. The highest BCUT2D eigenvalue weighted by molar-refractivity contribution is 8.13. The molecule has 2 rings (SSSR count). The first-order valence-corrected chi connectivity index (χ1v) is 8.17. The van der Waals surface area contributed by atoms with Crippen LogP contribution in [0, 0.1) is 0 Å². The van der Waals surface area contributed by atoms with Gasteiger partial charge in [0.15, 0.2) is 10.9 Å². The van der Waals surface area contributed by atoms with E-state index in [4.69, 9.17) is 0 Å². The van der Waals surface area contributed by atoms with Crippen molar-refractivity contribution in [3.63, 3.8) is 0 Å². The Bertz CT molecular complexity index is 667. The first-order chi connectivity index (χ1) is 11.0. The highest BCUT2D eigenvalue weighted by Gasteiger charge is 2.19. The summed E-state index contributed by atoms with van der Waals surface area (Å²) < 4.78 is 0. The van der Waals surface area contributed by atoms with E-state index in [2.05, 4.69) is 0 Å². The van der Waals surface area contributed by atoms with E-state index < -0.39 is 12.2 Å². The summed E-state index contributed by atoms with van der Waals surface area (Å²) in [6.07, 6.45) is -2.14. The van der Waals surface area contributed by atoms with Crippen molar-refractivity contribution in [3.05, 3.63) is 71.3 Å². The van der Waals surface area contributed by atoms with Gasteiger partial charge in [-0.25, -0.2) is 0 Å². The second-order valence-corrected chi connectivity index (χ2v) is 6.33. The van der Waals surface area contributed by atoms with Gasteiger partial charge < -0.3 is 10.2 Å². The summed E-state index contributed by atoms with van der Waals surface area (Å²) in [6.45, 7) is 1.41. The lowest BCUT2D eigenvalue weighted by atomic mass is 9.99. The van der Waals surface area contributed by atoms with Crippen LogP contribution in [0.1, 0.15) is 34.5 Å². The van der Waals surface area contributed by atoms with Gasteiger partial charge in [-0.15, -0.1) is 0 Å². The minimum absolute atomic E-state index is 0.0978. The number of ketones is 1. The molecule has 23 heavy (non-hydrogen) atoms. The number of rotatable bonds is 6. The molecule has 0 saturated heterocycles. The zero-order valence-electron chi connectivity index (χ0n) is 12.7. The smallest absolute Gasteiger partial charge is 0.193 e. The Kier molecular flexibility index (Phi) is 6.10. The summed E-state index contributed by atoms with van der Waals surface area (Å²) in [5.41, 5.74) is 1.62. The van der Waals surface area contributed by atoms with Crippen LogP contribution in [-0.2, 0) is 4.79 Å². The number of hydrogen-bond acceptors (Lipinski definition) is 5. The van der Waals surface area contributed by atoms with Crippen LogP contribution < -0.4 is 0 Å². The third kappa shape index (κ3) is 4.76. The first kappa shape index (κ1) is 17.4. The number of thioether (sulfide) groups is 1. The van der Waals surface area contributed by atoms with Crippen LogP contribution in [0.15, 0.2) is 54.6 Å². The van der Waals surface area contributed by atoms with Crippen molar-refractivity contribution in [1.82, 2.24) is 0 Å². The minimum atomic E-state index is -1.09. The second kappa shape index (κ2) is 8.06. The summed E-state index contributed by atoms with van der Waals surface area (Å²) in [7, 11) is 0. The van der Waals surface area contributed by atoms with Crippen molar-refractivity contribution in [2.24, 2.45) is 0 Å². The molecule has 4 nitrogen and oxygen atoms in total. The molecule has 0 spiro atoms. The predicted molar refractivity (Wildman–Crippen MR) is 90.4 cm³/mol. The summed E-state index contributed by atoms with van der Waals surface area (Å²) >= 11 is 0.965. The number of carbonyl (C=O) groups excluding carboxylic acids is 2. The number of aliphatic hydroxyl groups is 2. The fourth-order valence-electron chi connectivity index (χ4n) is 2.10. The molecule has 2 unspecified atom stereocenters. The van der Waals surface area contributed by atoms with Crippen LogP contribution in [-0.4, -0.2) is 33.0 Å². The van der Waals surface area contributed by atoms with Gasteiger partial charge in [-0.1, -0.05) is 66.4 Å². The van der Waals surface area contributed by atoms with Crippen LogP contribution in [0.2, 0.25) is 0 Å². The molecule has 0 radical (unpaired) electrons. The lowest BCUT2D eigenvalue weighted by molar-refractivity contribution is -0.109. The van der Waals surface area contributed by atoms with Crippen LogP contribution >= 0.6 is 11.8 Å². The fourth-order valence-corrected chi connectivity index (χ4v) is 2.69. The van der Waals surface area contributed by atoms with E-state index in [1.165, 1.54) is 6.92 Å². The van der Waals surface area contributed by atoms with Crippen molar-refractivity contribution >= 4 is 22.7 Å². The molecule has 120 valence electrons. The Morgan fingerprint density at radius 2 is 1.52 bits per heavy atom. The zero-order chi connectivity index (χ0) is 16.8. The topological polar surface area (TPSA) is 74.6 Å². The normalized spacial score (nSPS) is 13.3. The van der Waals surface area contributed by atoms with Crippen molar-refractivity contribution < 1.29 is 19.8 Å². The molecule has 0 aliphatic heterocycles. The van der Waals surface area contributed by atoms with E-state index in [0.29, 0.717) is 16.7 Å². The van der Waals surface area contributed by atoms with Crippen molar-refractivity contribution in [2.75, 3.05) is 5.75 Å². The average molecular weight is 330 g/mol. The van der Waals surface area contributed by atoms with E-state index in [-0.39, 0.29) is 16.7 Å². The van der Waals surface area contributed by atoms with Crippen LogP contribution in [0.5, 0.6) is 0 Å². The number of aliphatic hydroxyl groups excluding tert-OH is 2. The Balaban J connectivity index is 2.07. The van der Waals surface area contributed by atoms with Gasteiger partial charge in [0, 0.05) is 23.8 Å². The molecule has 0 amide bonds. The fraction of sp³-hybridized carbons (Fsp3) is 0.222. The maximum absolute atomic E-state index is 12.3. The Morgan fingerprint density at radius 3 is 2.09 bits per heavy atom.